The fourth-order valence-electron chi connectivity index (χ4n) is 2.84. The number of primary amides is 1. The lowest BCUT2D eigenvalue weighted by Gasteiger charge is -2.20. The van der Waals surface area contributed by atoms with Crippen molar-refractivity contribution in [3.05, 3.63) is 77.9 Å². The first-order valence-electron chi connectivity index (χ1n) is 8.91. The Hall–Kier alpha value is -3.81. The number of aryl methyl sites for hydroxylation is 1. The van der Waals surface area contributed by atoms with Crippen molar-refractivity contribution >= 4 is 11.8 Å². The molecule has 3 rings (SSSR count). The SMILES string of the molecule is COc1cccc(C(NC(=O)COc2ccc(C(N)=O)cc2)c2nccn2C)c1. The minimum Gasteiger partial charge on any atom is -0.497 e. The van der Waals surface area contributed by atoms with E-state index >= 15 is 0 Å². The Bertz CT molecular complexity index is 998. The van der Waals surface area contributed by atoms with Crippen molar-refractivity contribution in [3.8, 4) is 11.5 Å². The van der Waals surface area contributed by atoms with Crippen LogP contribution >= 0.6 is 0 Å². The van der Waals surface area contributed by atoms with Crippen molar-refractivity contribution < 1.29 is 19.1 Å². The molecule has 1 heterocycles. The Labute approximate surface area is 168 Å². The predicted octanol–water partition coefficient (Wildman–Crippen LogP) is 1.81. The van der Waals surface area contributed by atoms with Crippen LogP contribution < -0.4 is 20.5 Å². The highest BCUT2D eigenvalue weighted by atomic mass is 16.5. The minimum atomic E-state index is -0.523. The smallest absolute Gasteiger partial charge is 0.258 e. The van der Waals surface area contributed by atoms with Gasteiger partial charge in [-0.1, -0.05) is 12.1 Å². The minimum absolute atomic E-state index is 0.194. The number of carbonyl (C=O) groups excluding carboxylic acids is 2. The van der Waals surface area contributed by atoms with E-state index in [0.717, 1.165) is 5.56 Å². The second kappa shape index (κ2) is 8.92. The Morgan fingerprint density at radius 2 is 1.93 bits per heavy atom. The lowest BCUT2D eigenvalue weighted by molar-refractivity contribution is -0.123. The average molecular weight is 394 g/mol. The molecule has 0 saturated heterocycles. The van der Waals surface area contributed by atoms with Crippen LogP contribution in [0.25, 0.3) is 0 Å². The van der Waals surface area contributed by atoms with Crippen LogP contribution in [0.4, 0.5) is 0 Å². The van der Waals surface area contributed by atoms with E-state index in [9.17, 15) is 9.59 Å². The molecule has 1 atom stereocenters. The van der Waals surface area contributed by atoms with Gasteiger partial charge in [0.25, 0.3) is 5.91 Å². The molecular formula is C21H22N4O4. The number of hydrogen-bond donors (Lipinski definition) is 2. The quantitative estimate of drug-likeness (QED) is 0.606. The van der Waals surface area contributed by atoms with E-state index in [1.165, 1.54) is 0 Å². The third-order valence-corrected chi connectivity index (χ3v) is 4.36. The third kappa shape index (κ3) is 4.92. The van der Waals surface area contributed by atoms with Crippen molar-refractivity contribution in [2.24, 2.45) is 12.8 Å². The summed E-state index contributed by atoms with van der Waals surface area (Å²) >= 11 is 0. The number of hydrogen-bond acceptors (Lipinski definition) is 5. The maximum absolute atomic E-state index is 12.6. The number of methoxy groups -OCH3 is 1. The van der Waals surface area contributed by atoms with Gasteiger partial charge in [0.15, 0.2) is 6.61 Å². The van der Waals surface area contributed by atoms with Gasteiger partial charge in [0, 0.05) is 25.0 Å². The van der Waals surface area contributed by atoms with Crippen LogP contribution in [0.1, 0.15) is 27.8 Å². The summed E-state index contributed by atoms with van der Waals surface area (Å²) in [5, 5.41) is 2.95. The number of aromatic nitrogens is 2. The zero-order valence-electron chi connectivity index (χ0n) is 16.2. The molecule has 1 aromatic heterocycles. The number of ether oxygens (including phenoxy) is 2. The number of imidazole rings is 1. The molecule has 0 aliphatic heterocycles. The molecule has 29 heavy (non-hydrogen) atoms. The Morgan fingerprint density at radius 3 is 2.55 bits per heavy atom. The lowest BCUT2D eigenvalue weighted by atomic mass is 10.1. The van der Waals surface area contributed by atoms with Crippen molar-refractivity contribution in [1.29, 1.82) is 0 Å². The molecule has 3 aromatic rings. The van der Waals surface area contributed by atoms with Crippen LogP contribution in [0, 0.1) is 0 Å². The summed E-state index contributed by atoms with van der Waals surface area (Å²) in [4.78, 5) is 28.0. The molecule has 0 aliphatic rings. The summed E-state index contributed by atoms with van der Waals surface area (Å²) in [6.07, 6.45) is 3.48. The van der Waals surface area contributed by atoms with Crippen molar-refractivity contribution in [2.75, 3.05) is 13.7 Å². The summed E-state index contributed by atoms with van der Waals surface area (Å²) < 4.78 is 12.6. The molecule has 2 amide bonds. The third-order valence-electron chi connectivity index (χ3n) is 4.36. The second-order valence-corrected chi connectivity index (χ2v) is 6.35. The Balaban J connectivity index is 1.72. The van der Waals surface area contributed by atoms with Gasteiger partial charge >= 0.3 is 0 Å². The van der Waals surface area contributed by atoms with Crippen LogP contribution in [0.3, 0.4) is 0 Å². The molecule has 0 fully saturated rings. The number of benzene rings is 2. The number of nitrogens with zero attached hydrogens (tertiary/aromatic N) is 2. The van der Waals surface area contributed by atoms with Gasteiger partial charge in [0.05, 0.1) is 7.11 Å². The van der Waals surface area contributed by atoms with Crippen molar-refractivity contribution in [1.82, 2.24) is 14.9 Å². The van der Waals surface area contributed by atoms with Gasteiger partial charge in [-0.2, -0.15) is 0 Å². The van der Waals surface area contributed by atoms with Gasteiger partial charge in [0.2, 0.25) is 5.91 Å². The Kier molecular flexibility index (Phi) is 6.13. The molecule has 150 valence electrons. The molecule has 2 aromatic carbocycles. The average Bonchev–Trinajstić information content (AvgIpc) is 3.16. The van der Waals surface area contributed by atoms with Crippen LogP contribution in [-0.2, 0) is 11.8 Å². The van der Waals surface area contributed by atoms with Crippen LogP contribution in [-0.4, -0.2) is 35.1 Å². The van der Waals surface area contributed by atoms with E-state index < -0.39 is 11.9 Å². The Morgan fingerprint density at radius 1 is 1.17 bits per heavy atom. The van der Waals surface area contributed by atoms with Gasteiger partial charge in [-0.15, -0.1) is 0 Å². The fourth-order valence-corrected chi connectivity index (χ4v) is 2.84. The highest BCUT2D eigenvalue weighted by Gasteiger charge is 2.21. The zero-order chi connectivity index (χ0) is 20.8. The maximum Gasteiger partial charge on any atom is 0.258 e. The standard InChI is InChI=1S/C21H22N4O4/c1-25-11-10-23-21(25)19(15-4-3-5-17(12-15)28-2)24-18(26)13-29-16-8-6-14(7-9-16)20(22)27/h3-12,19H,13H2,1-2H3,(H2,22,27)(H,24,26). The summed E-state index contributed by atoms with van der Waals surface area (Å²) in [6.45, 7) is -0.194. The van der Waals surface area contributed by atoms with Crippen molar-refractivity contribution in [3.63, 3.8) is 0 Å². The molecule has 8 nitrogen and oxygen atoms in total. The zero-order valence-corrected chi connectivity index (χ0v) is 16.2. The van der Waals surface area contributed by atoms with E-state index in [-0.39, 0.29) is 12.5 Å². The van der Waals surface area contributed by atoms with E-state index in [1.54, 1.807) is 37.6 Å². The lowest BCUT2D eigenvalue weighted by Crippen LogP contribution is -2.34. The number of carbonyl (C=O) groups is 2. The van der Waals surface area contributed by atoms with E-state index in [0.29, 0.717) is 22.9 Å². The van der Waals surface area contributed by atoms with Crippen molar-refractivity contribution in [2.45, 2.75) is 6.04 Å². The monoisotopic (exact) mass is 394 g/mol. The molecule has 0 bridgehead atoms. The van der Waals surface area contributed by atoms with E-state index in [2.05, 4.69) is 10.3 Å². The van der Waals surface area contributed by atoms with Gasteiger partial charge < -0.3 is 25.1 Å². The molecule has 8 heteroatoms. The molecule has 3 N–H and O–H groups in total. The van der Waals surface area contributed by atoms with Crippen LogP contribution in [0.2, 0.25) is 0 Å². The summed E-state index contributed by atoms with van der Waals surface area (Å²) in [6, 6.07) is 13.2. The number of amides is 2. The molecule has 1 unspecified atom stereocenters. The normalized spacial score (nSPS) is 11.5. The van der Waals surface area contributed by atoms with Crippen LogP contribution in [0.5, 0.6) is 11.5 Å². The van der Waals surface area contributed by atoms with E-state index in [1.807, 2.05) is 42.1 Å². The van der Waals surface area contributed by atoms with Gasteiger partial charge in [-0.05, 0) is 42.0 Å². The first kappa shape index (κ1) is 19.9. The second-order valence-electron chi connectivity index (χ2n) is 6.35. The molecule has 0 saturated carbocycles. The molecule has 0 spiro atoms. The number of nitrogens with two attached hydrogens (primary N) is 1. The highest BCUT2D eigenvalue weighted by molar-refractivity contribution is 5.92. The molecular weight excluding hydrogens is 372 g/mol. The highest BCUT2D eigenvalue weighted by Crippen LogP contribution is 2.24. The predicted molar refractivity (Wildman–Crippen MR) is 107 cm³/mol. The maximum atomic E-state index is 12.6. The number of nitrogens with one attached hydrogen (secondary N) is 1. The van der Waals surface area contributed by atoms with Crippen LogP contribution in [0.15, 0.2) is 60.9 Å². The number of rotatable bonds is 8. The van der Waals surface area contributed by atoms with Gasteiger partial charge in [0.1, 0.15) is 23.4 Å². The first-order valence-corrected chi connectivity index (χ1v) is 8.91. The summed E-state index contributed by atoms with van der Waals surface area (Å²) in [5.74, 6) is 0.976. The topological polar surface area (TPSA) is 108 Å². The molecule has 0 aliphatic carbocycles. The van der Waals surface area contributed by atoms with E-state index in [4.69, 9.17) is 15.2 Å². The van der Waals surface area contributed by atoms with Gasteiger partial charge in [-0.3, -0.25) is 9.59 Å². The summed E-state index contributed by atoms with van der Waals surface area (Å²) in [7, 11) is 3.45. The fraction of sp³-hybridized carbons (Fsp3) is 0.190. The molecule has 0 radical (unpaired) electrons. The largest absolute Gasteiger partial charge is 0.497 e. The summed E-state index contributed by atoms with van der Waals surface area (Å²) in [5.41, 5.74) is 6.42. The van der Waals surface area contributed by atoms with Gasteiger partial charge in [-0.25, -0.2) is 4.98 Å². The first-order chi connectivity index (χ1) is 14.0.